The first-order valence-electron chi connectivity index (χ1n) is 6.77. The summed E-state index contributed by atoms with van der Waals surface area (Å²) in [5.74, 6) is 0.745. The summed E-state index contributed by atoms with van der Waals surface area (Å²) in [4.78, 5) is 7.21. The monoisotopic (exact) mass is 312 g/mol. The van der Waals surface area contributed by atoms with Gasteiger partial charge in [-0.3, -0.25) is 5.10 Å². The van der Waals surface area contributed by atoms with E-state index >= 15 is 0 Å². The van der Waals surface area contributed by atoms with E-state index in [-0.39, 0.29) is 11.4 Å². The molecule has 2 aromatic rings. The second-order valence-electron chi connectivity index (χ2n) is 4.59. The Balaban J connectivity index is 2.06. The highest BCUT2D eigenvalue weighted by Gasteiger charge is 2.23. The summed E-state index contributed by atoms with van der Waals surface area (Å²) in [6, 6.07) is 0. The highest BCUT2D eigenvalue weighted by molar-refractivity contribution is 7.89. The molecule has 0 radical (unpaired) electrons. The SMILES string of the molecule is CCNCc1n[nH]c(C)c1S(=O)(=O)NCCc1ncc[nH]1. The molecule has 4 N–H and O–H groups in total. The first-order chi connectivity index (χ1) is 10.0. The molecule has 8 nitrogen and oxygen atoms in total. The molecule has 116 valence electrons. The quantitative estimate of drug-likeness (QED) is 0.550. The zero-order valence-corrected chi connectivity index (χ0v) is 12.9. The maximum atomic E-state index is 12.4. The lowest BCUT2D eigenvalue weighted by molar-refractivity contribution is 0.577. The summed E-state index contributed by atoms with van der Waals surface area (Å²) in [6.07, 6.45) is 3.85. The van der Waals surface area contributed by atoms with Gasteiger partial charge in [0.2, 0.25) is 10.0 Å². The number of imidazole rings is 1. The van der Waals surface area contributed by atoms with E-state index < -0.39 is 10.0 Å². The van der Waals surface area contributed by atoms with Crippen molar-refractivity contribution in [2.24, 2.45) is 0 Å². The fourth-order valence-corrected chi connectivity index (χ4v) is 3.39. The van der Waals surface area contributed by atoms with E-state index in [2.05, 4.69) is 30.2 Å². The van der Waals surface area contributed by atoms with Gasteiger partial charge in [-0.2, -0.15) is 5.10 Å². The lowest BCUT2D eigenvalue weighted by Crippen LogP contribution is -2.28. The van der Waals surface area contributed by atoms with Gasteiger partial charge in [0.05, 0.1) is 11.4 Å². The molecule has 0 aliphatic rings. The second kappa shape index (κ2) is 6.83. The molecule has 0 aliphatic carbocycles. The number of rotatable bonds is 8. The maximum absolute atomic E-state index is 12.4. The summed E-state index contributed by atoms with van der Waals surface area (Å²) >= 11 is 0. The van der Waals surface area contributed by atoms with Crippen LogP contribution in [0.4, 0.5) is 0 Å². The summed E-state index contributed by atoms with van der Waals surface area (Å²) in [5, 5.41) is 9.86. The molecule has 0 fully saturated rings. The van der Waals surface area contributed by atoms with Crippen LogP contribution in [-0.2, 0) is 23.0 Å². The molecule has 0 spiro atoms. The van der Waals surface area contributed by atoms with Crippen LogP contribution in [0, 0.1) is 6.92 Å². The highest BCUT2D eigenvalue weighted by Crippen LogP contribution is 2.17. The third-order valence-electron chi connectivity index (χ3n) is 2.98. The number of sulfonamides is 1. The molecule has 0 unspecified atom stereocenters. The van der Waals surface area contributed by atoms with Gasteiger partial charge in [0.15, 0.2) is 0 Å². The lowest BCUT2D eigenvalue weighted by Gasteiger charge is -2.07. The normalized spacial score (nSPS) is 11.9. The number of aromatic nitrogens is 4. The van der Waals surface area contributed by atoms with Crippen LogP contribution in [0.2, 0.25) is 0 Å². The molecule has 2 aromatic heterocycles. The van der Waals surface area contributed by atoms with Crippen molar-refractivity contribution in [3.05, 3.63) is 29.6 Å². The lowest BCUT2D eigenvalue weighted by atomic mass is 10.3. The molecule has 21 heavy (non-hydrogen) atoms. The minimum Gasteiger partial charge on any atom is -0.349 e. The van der Waals surface area contributed by atoms with Crippen LogP contribution in [0.1, 0.15) is 24.1 Å². The predicted molar refractivity (Wildman–Crippen MR) is 78.2 cm³/mol. The maximum Gasteiger partial charge on any atom is 0.244 e. The van der Waals surface area contributed by atoms with E-state index in [1.165, 1.54) is 0 Å². The van der Waals surface area contributed by atoms with E-state index in [4.69, 9.17) is 0 Å². The van der Waals surface area contributed by atoms with Gasteiger partial charge in [0, 0.05) is 31.9 Å². The van der Waals surface area contributed by atoms with Gasteiger partial charge in [0.25, 0.3) is 0 Å². The second-order valence-corrected chi connectivity index (χ2v) is 6.29. The van der Waals surface area contributed by atoms with Crippen molar-refractivity contribution in [1.29, 1.82) is 0 Å². The summed E-state index contributed by atoms with van der Waals surface area (Å²) < 4.78 is 27.4. The molecule has 0 aromatic carbocycles. The minimum absolute atomic E-state index is 0.225. The van der Waals surface area contributed by atoms with Crippen molar-refractivity contribution in [3.63, 3.8) is 0 Å². The van der Waals surface area contributed by atoms with Crippen molar-refractivity contribution in [2.75, 3.05) is 13.1 Å². The number of nitrogens with one attached hydrogen (secondary N) is 4. The van der Waals surface area contributed by atoms with Gasteiger partial charge in [-0.05, 0) is 13.5 Å². The van der Waals surface area contributed by atoms with Crippen LogP contribution in [-0.4, -0.2) is 41.7 Å². The van der Waals surface area contributed by atoms with Crippen LogP contribution in [0.5, 0.6) is 0 Å². The first-order valence-corrected chi connectivity index (χ1v) is 8.25. The Hall–Kier alpha value is -1.71. The first kappa shape index (κ1) is 15.7. The Kier molecular flexibility index (Phi) is 5.10. The number of aryl methyl sites for hydroxylation is 1. The van der Waals surface area contributed by atoms with E-state index in [1.807, 2.05) is 6.92 Å². The molecule has 0 atom stereocenters. The molecule has 2 heterocycles. The summed E-state index contributed by atoms with van der Waals surface area (Å²) in [6.45, 7) is 5.09. The third-order valence-corrected chi connectivity index (χ3v) is 4.64. The number of aromatic amines is 2. The molecule has 0 bridgehead atoms. The number of H-pyrrole nitrogens is 2. The molecular weight excluding hydrogens is 292 g/mol. The van der Waals surface area contributed by atoms with Gasteiger partial charge in [0.1, 0.15) is 10.7 Å². The Morgan fingerprint density at radius 2 is 2.19 bits per heavy atom. The largest absolute Gasteiger partial charge is 0.349 e. The molecule has 9 heteroatoms. The van der Waals surface area contributed by atoms with Crippen LogP contribution in [0.25, 0.3) is 0 Å². The molecular formula is C12H20N6O2S. The van der Waals surface area contributed by atoms with Crippen molar-refractivity contribution < 1.29 is 8.42 Å². The minimum atomic E-state index is -3.59. The Labute approximate surface area is 123 Å². The van der Waals surface area contributed by atoms with E-state index in [9.17, 15) is 8.42 Å². The van der Waals surface area contributed by atoms with Gasteiger partial charge >= 0.3 is 0 Å². The molecule has 0 amide bonds. The van der Waals surface area contributed by atoms with Crippen LogP contribution >= 0.6 is 0 Å². The standard InChI is InChI=1S/C12H20N6O2S/c1-3-13-8-10-12(9(2)17-18-10)21(19,20)16-5-4-11-14-6-7-15-11/h6-7,13,16H,3-5,8H2,1-2H3,(H,14,15)(H,17,18). The zero-order valence-electron chi connectivity index (χ0n) is 12.1. The molecule has 2 rings (SSSR count). The van der Waals surface area contributed by atoms with E-state index in [1.54, 1.807) is 19.3 Å². The van der Waals surface area contributed by atoms with Crippen molar-refractivity contribution >= 4 is 10.0 Å². The summed E-state index contributed by atoms with van der Waals surface area (Å²) in [5.41, 5.74) is 1.04. The Morgan fingerprint density at radius 3 is 2.86 bits per heavy atom. The summed E-state index contributed by atoms with van der Waals surface area (Å²) in [7, 11) is -3.59. The Bertz CT molecular complexity index is 662. The average molecular weight is 312 g/mol. The highest BCUT2D eigenvalue weighted by atomic mass is 32.2. The topological polar surface area (TPSA) is 116 Å². The number of nitrogens with zero attached hydrogens (tertiary/aromatic N) is 2. The fourth-order valence-electron chi connectivity index (χ4n) is 2.00. The number of hydrogen-bond donors (Lipinski definition) is 4. The molecule has 0 saturated heterocycles. The number of hydrogen-bond acceptors (Lipinski definition) is 5. The van der Waals surface area contributed by atoms with Crippen LogP contribution in [0.3, 0.4) is 0 Å². The predicted octanol–water partition coefficient (Wildman–Crippen LogP) is 0.0717. The zero-order chi connectivity index (χ0) is 15.3. The van der Waals surface area contributed by atoms with E-state index in [0.29, 0.717) is 24.4 Å². The van der Waals surface area contributed by atoms with Crippen molar-refractivity contribution in [1.82, 2.24) is 30.2 Å². The van der Waals surface area contributed by atoms with Gasteiger partial charge in [-0.15, -0.1) is 0 Å². The molecule has 0 aliphatic heterocycles. The fraction of sp³-hybridized carbons (Fsp3) is 0.500. The van der Waals surface area contributed by atoms with Gasteiger partial charge in [-0.25, -0.2) is 18.1 Å². The smallest absolute Gasteiger partial charge is 0.244 e. The van der Waals surface area contributed by atoms with Gasteiger partial charge in [-0.1, -0.05) is 6.92 Å². The molecule has 0 saturated carbocycles. The average Bonchev–Trinajstić information content (AvgIpc) is 3.06. The van der Waals surface area contributed by atoms with Crippen molar-refractivity contribution in [3.8, 4) is 0 Å². The van der Waals surface area contributed by atoms with Crippen molar-refractivity contribution in [2.45, 2.75) is 31.7 Å². The van der Waals surface area contributed by atoms with E-state index in [0.717, 1.165) is 12.4 Å². The van der Waals surface area contributed by atoms with Crippen LogP contribution in [0.15, 0.2) is 17.3 Å². The van der Waals surface area contributed by atoms with Crippen LogP contribution < -0.4 is 10.0 Å². The Morgan fingerprint density at radius 1 is 1.38 bits per heavy atom. The van der Waals surface area contributed by atoms with Gasteiger partial charge < -0.3 is 10.3 Å². The third kappa shape index (κ3) is 3.90.